The number of carbonyl (C=O) groups is 1. The molecule has 1 N–H and O–H groups in total. The van der Waals surface area contributed by atoms with Gasteiger partial charge in [0.25, 0.3) is 5.91 Å². The van der Waals surface area contributed by atoms with Gasteiger partial charge in [0, 0.05) is 18.7 Å². The van der Waals surface area contributed by atoms with E-state index in [-0.39, 0.29) is 11.9 Å². The van der Waals surface area contributed by atoms with Crippen molar-refractivity contribution in [1.82, 2.24) is 9.62 Å². The van der Waals surface area contributed by atoms with Crippen LogP contribution in [-0.4, -0.2) is 31.7 Å². The number of sulfonamides is 1. The summed E-state index contributed by atoms with van der Waals surface area (Å²) in [6.07, 6.45) is 1.82. The minimum absolute atomic E-state index is 0.109. The standard InChI is InChI=1S/C26H28N2O3S/c1-19-8-10-21(11-9-19)20(2)27-26(29)24-7-5-6-23(18-24)22-12-14-25(15-13-22)32(30,31)28-16-3-4-17-28/h5-15,18,20H,3-4,16-17H2,1-2H3,(H,27,29). The van der Waals surface area contributed by atoms with Crippen LogP contribution in [0.3, 0.4) is 0 Å². The summed E-state index contributed by atoms with van der Waals surface area (Å²) in [6.45, 7) is 5.17. The second-order valence-corrected chi connectivity index (χ2v) is 10.3. The Morgan fingerprint density at radius 3 is 2.22 bits per heavy atom. The second kappa shape index (κ2) is 9.27. The van der Waals surface area contributed by atoms with Crippen molar-refractivity contribution < 1.29 is 13.2 Å². The number of amides is 1. The zero-order valence-corrected chi connectivity index (χ0v) is 19.2. The first-order chi connectivity index (χ1) is 15.3. The molecule has 1 aliphatic rings. The molecule has 6 heteroatoms. The average Bonchev–Trinajstić information content (AvgIpc) is 3.36. The smallest absolute Gasteiger partial charge is 0.251 e. The lowest BCUT2D eigenvalue weighted by Crippen LogP contribution is -2.27. The van der Waals surface area contributed by atoms with E-state index in [0.29, 0.717) is 23.5 Å². The molecule has 166 valence electrons. The monoisotopic (exact) mass is 448 g/mol. The highest BCUT2D eigenvalue weighted by atomic mass is 32.2. The number of aryl methyl sites for hydroxylation is 1. The molecule has 1 atom stereocenters. The number of benzene rings is 3. The number of nitrogens with zero attached hydrogens (tertiary/aromatic N) is 1. The summed E-state index contributed by atoms with van der Waals surface area (Å²) in [5.41, 5.74) is 4.53. The van der Waals surface area contributed by atoms with Gasteiger partial charge >= 0.3 is 0 Å². The van der Waals surface area contributed by atoms with E-state index < -0.39 is 10.0 Å². The zero-order chi connectivity index (χ0) is 22.7. The molecule has 32 heavy (non-hydrogen) atoms. The fraction of sp³-hybridized carbons (Fsp3) is 0.269. The number of hydrogen-bond donors (Lipinski definition) is 1. The van der Waals surface area contributed by atoms with E-state index >= 15 is 0 Å². The van der Waals surface area contributed by atoms with Gasteiger partial charge in [-0.25, -0.2) is 8.42 Å². The second-order valence-electron chi connectivity index (χ2n) is 8.32. The van der Waals surface area contributed by atoms with Gasteiger partial charge in [-0.1, -0.05) is 54.1 Å². The lowest BCUT2D eigenvalue weighted by atomic mass is 10.0. The van der Waals surface area contributed by atoms with E-state index in [1.807, 2.05) is 56.3 Å². The molecule has 1 amide bonds. The van der Waals surface area contributed by atoms with Crippen LogP contribution in [0.2, 0.25) is 0 Å². The molecule has 0 saturated carbocycles. The van der Waals surface area contributed by atoms with E-state index in [1.54, 1.807) is 34.6 Å². The molecule has 0 aromatic heterocycles. The molecule has 3 aromatic rings. The maximum Gasteiger partial charge on any atom is 0.251 e. The van der Waals surface area contributed by atoms with Crippen molar-refractivity contribution in [1.29, 1.82) is 0 Å². The summed E-state index contributed by atoms with van der Waals surface area (Å²) >= 11 is 0. The molecule has 1 aliphatic heterocycles. The number of carbonyl (C=O) groups excluding carboxylic acids is 1. The summed E-state index contributed by atoms with van der Waals surface area (Å²) in [5, 5.41) is 3.05. The highest BCUT2D eigenvalue weighted by Crippen LogP contribution is 2.26. The van der Waals surface area contributed by atoms with Crippen LogP contribution in [0, 0.1) is 6.92 Å². The predicted molar refractivity (Wildman–Crippen MR) is 127 cm³/mol. The van der Waals surface area contributed by atoms with Crippen LogP contribution in [0.15, 0.2) is 77.7 Å². The molecule has 0 bridgehead atoms. The molecule has 0 radical (unpaired) electrons. The van der Waals surface area contributed by atoms with E-state index in [4.69, 9.17) is 0 Å². The Bertz CT molecular complexity index is 1200. The predicted octanol–water partition coefficient (Wildman–Crippen LogP) is 4.94. The van der Waals surface area contributed by atoms with Crippen LogP contribution in [0.25, 0.3) is 11.1 Å². The molecule has 4 rings (SSSR count). The summed E-state index contributed by atoms with van der Waals surface area (Å²) < 4.78 is 27.0. The van der Waals surface area contributed by atoms with Gasteiger partial charge < -0.3 is 5.32 Å². The van der Waals surface area contributed by atoms with Crippen LogP contribution in [0.1, 0.15) is 47.3 Å². The number of rotatable bonds is 6. The highest BCUT2D eigenvalue weighted by Gasteiger charge is 2.27. The first-order valence-electron chi connectivity index (χ1n) is 10.9. The molecule has 0 aliphatic carbocycles. The van der Waals surface area contributed by atoms with Crippen molar-refractivity contribution in [3.05, 3.63) is 89.5 Å². The Labute approximate surface area is 190 Å². The Balaban J connectivity index is 1.50. The fourth-order valence-corrected chi connectivity index (χ4v) is 5.47. The summed E-state index contributed by atoms with van der Waals surface area (Å²) in [7, 11) is -3.43. The van der Waals surface area contributed by atoms with Crippen molar-refractivity contribution >= 4 is 15.9 Å². The van der Waals surface area contributed by atoms with Gasteiger partial charge in [-0.15, -0.1) is 0 Å². The van der Waals surface area contributed by atoms with Crippen molar-refractivity contribution in [2.24, 2.45) is 0 Å². The first-order valence-corrected chi connectivity index (χ1v) is 12.4. The van der Waals surface area contributed by atoms with Gasteiger partial charge in [0.15, 0.2) is 0 Å². The van der Waals surface area contributed by atoms with Crippen LogP contribution < -0.4 is 5.32 Å². The summed E-state index contributed by atoms with van der Waals surface area (Å²) in [5.74, 6) is -0.145. The van der Waals surface area contributed by atoms with Gasteiger partial charge in [0.05, 0.1) is 10.9 Å². The third-order valence-electron chi connectivity index (χ3n) is 5.94. The molecule has 0 spiro atoms. The van der Waals surface area contributed by atoms with Crippen LogP contribution in [0.5, 0.6) is 0 Å². The highest BCUT2D eigenvalue weighted by molar-refractivity contribution is 7.89. The molecule has 1 saturated heterocycles. The number of nitrogens with one attached hydrogen (secondary N) is 1. The summed E-state index contributed by atoms with van der Waals surface area (Å²) in [6, 6.07) is 22.3. The third kappa shape index (κ3) is 4.76. The molecule has 1 fully saturated rings. The van der Waals surface area contributed by atoms with E-state index in [1.165, 1.54) is 5.56 Å². The maximum atomic E-state index is 12.8. The molecule has 5 nitrogen and oxygen atoms in total. The molecule has 1 heterocycles. The van der Waals surface area contributed by atoms with Gasteiger partial charge in [-0.3, -0.25) is 4.79 Å². The summed E-state index contributed by atoms with van der Waals surface area (Å²) in [4.78, 5) is 13.1. The number of hydrogen-bond acceptors (Lipinski definition) is 3. The van der Waals surface area contributed by atoms with Crippen LogP contribution in [0.4, 0.5) is 0 Å². The normalized spacial score (nSPS) is 15.4. The first kappa shape index (κ1) is 22.2. The Morgan fingerprint density at radius 2 is 1.56 bits per heavy atom. The molecule has 3 aromatic carbocycles. The van der Waals surface area contributed by atoms with Gasteiger partial charge in [0.2, 0.25) is 10.0 Å². The van der Waals surface area contributed by atoms with Crippen molar-refractivity contribution in [3.63, 3.8) is 0 Å². The quantitative estimate of drug-likeness (QED) is 0.581. The van der Waals surface area contributed by atoms with Crippen molar-refractivity contribution in [3.8, 4) is 11.1 Å². The average molecular weight is 449 g/mol. The van der Waals surface area contributed by atoms with Crippen molar-refractivity contribution in [2.45, 2.75) is 37.6 Å². The van der Waals surface area contributed by atoms with E-state index in [9.17, 15) is 13.2 Å². The van der Waals surface area contributed by atoms with Crippen LogP contribution >= 0.6 is 0 Å². The van der Waals surface area contributed by atoms with Crippen molar-refractivity contribution in [2.75, 3.05) is 13.1 Å². The largest absolute Gasteiger partial charge is 0.346 e. The molecule has 1 unspecified atom stereocenters. The molecular weight excluding hydrogens is 420 g/mol. The lowest BCUT2D eigenvalue weighted by molar-refractivity contribution is 0.0940. The minimum atomic E-state index is -3.43. The minimum Gasteiger partial charge on any atom is -0.346 e. The third-order valence-corrected chi connectivity index (χ3v) is 7.85. The van der Waals surface area contributed by atoms with E-state index in [0.717, 1.165) is 29.5 Å². The van der Waals surface area contributed by atoms with Gasteiger partial charge in [-0.2, -0.15) is 4.31 Å². The van der Waals surface area contributed by atoms with Crippen LogP contribution in [-0.2, 0) is 10.0 Å². The Hall–Kier alpha value is -2.96. The topological polar surface area (TPSA) is 66.5 Å². The maximum absolute atomic E-state index is 12.8. The van der Waals surface area contributed by atoms with Gasteiger partial charge in [0.1, 0.15) is 0 Å². The fourth-order valence-electron chi connectivity index (χ4n) is 3.96. The SMILES string of the molecule is Cc1ccc(C(C)NC(=O)c2cccc(-c3ccc(S(=O)(=O)N4CCCC4)cc3)c2)cc1. The molecular formula is C26H28N2O3S. The Kier molecular flexibility index (Phi) is 6.44. The van der Waals surface area contributed by atoms with Gasteiger partial charge in [-0.05, 0) is 67.6 Å². The zero-order valence-electron chi connectivity index (χ0n) is 18.4. The lowest BCUT2D eigenvalue weighted by Gasteiger charge is -2.16. The van der Waals surface area contributed by atoms with E-state index in [2.05, 4.69) is 5.32 Å². The Morgan fingerprint density at radius 1 is 0.906 bits per heavy atom.